The number of rotatable bonds is 6. The molecule has 0 aromatic heterocycles. The number of alkyl halides is 3. The number of halogens is 4. The zero-order chi connectivity index (χ0) is 24.0. The largest absolute Gasteiger partial charge is 0.417 e. The van der Waals surface area contributed by atoms with Crippen LogP contribution in [-0.4, -0.2) is 77.5 Å². The first-order valence-corrected chi connectivity index (χ1v) is 11.1. The molecule has 2 saturated heterocycles. The number of anilines is 1. The third-order valence-electron chi connectivity index (χ3n) is 6.42. The number of nitrogens with one attached hydrogen (secondary N) is 2. The van der Waals surface area contributed by atoms with E-state index in [1.165, 1.54) is 11.0 Å². The third kappa shape index (κ3) is 5.10. The van der Waals surface area contributed by atoms with Crippen molar-refractivity contribution in [3.63, 3.8) is 0 Å². The predicted molar refractivity (Wildman–Crippen MR) is 114 cm³/mol. The molecule has 12 heteroatoms. The van der Waals surface area contributed by atoms with Crippen molar-refractivity contribution in [1.82, 2.24) is 20.0 Å². The molecule has 2 N–H and O–H groups in total. The van der Waals surface area contributed by atoms with Gasteiger partial charge in [0.25, 0.3) is 5.91 Å². The molecule has 0 spiro atoms. The van der Waals surface area contributed by atoms with E-state index in [1.54, 1.807) is 6.92 Å². The molecular weight excluding hydrogens is 463 g/mol. The van der Waals surface area contributed by atoms with Crippen molar-refractivity contribution in [2.45, 2.75) is 31.5 Å². The zero-order valence-electron chi connectivity index (χ0n) is 18.0. The molecule has 33 heavy (non-hydrogen) atoms. The van der Waals surface area contributed by atoms with Gasteiger partial charge in [0, 0.05) is 31.9 Å². The molecule has 1 aliphatic carbocycles. The van der Waals surface area contributed by atoms with Crippen molar-refractivity contribution in [3.8, 4) is 0 Å². The second kappa shape index (κ2) is 8.77. The molecule has 3 fully saturated rings. The smallest absolute Gasteiger partial charge is 0.325 e. The van der Waals surface area contributed by atoms with E-state index in [0.717, 1.165) is 25.0 Å². The number of benzene rings is 1. The number of piperazine rings is 1. The van der Waals surface area contributed by atoms with Crippen LogP contribution in [0.25, 0.3) is 0 Å². The van der Waals surface area contributed by atoms with E-state index in [4.69, 9.17) is 11.6 Å². The van der Waals surface area contributed by atoms with Crippen LogP contribution in [0.5, 0.6) is 0 Å². The average molecular weight is 488 g/mol. The van der Waals surface area contributed by atoms with Crippen molar-refractivity contribution < 1.29 is 27.6 Å². The minimum Gasteiger partial charge on any atom is -0.325 e. The van der Waals surface area contributed by atoms with Crippen LogP contribution in [0.15, 0.2) is 18.2 Å². The van der Waals surface area contributed by atoms with Crippen LogP contribution in [0.4, 0.5) is 23.7 Å². The Morgan fingerprint density at radius 3 is 2.42 bits per heavy atom. The summed E-state index contributed by atoms with van der Waals surface area (Å²) in [4.78, 5) is 42.5. The quantitative estimate of drug-likeness (QED) is 0.603. The highest BCUT2D eigenvalue weighted by molar-refractivity contribution is 6.31. The maximum atomic E-state index is 13.0. The number of carbonyl (C=O) groups is 3. The third-order valence-corrected chi connectivity index (χ3v) is 6.75. The number of nitrogens with zero attached hydrogens (tertiary/aromatic N) is 3. The van der Waals surface area contributed by atoms with E-state index >= 15 is 0 Å². The maximum absolute atomic E-state index is 13.0. The molecule has 3 aliphatic rings. The van der Waals surface area contributed by atoms with Crippen molar-refractivity contribution in [3.05, 3.63) is 28.8 Å². The fourth-order valence-corrected chi connectivity index (χ4v) is 4.52. The lowest BCUT2D eigenvalue weighted by Gasteiger charge is -2.35. The minimum absolute atomic E-state index is 0.0146. The van der Waals surface area contributed by atoms with Gasteiger partial charge in [0.2, 0.25) is 5.91 Å². The van der Waals surface area contributed by atoms with E-state index in [9.17, 15) is 27.6 Å². The Kier molecular flexibility index (Phi) is 6.32. The highest BCUT2D eigenvalue weighted by Crippen LogP contribution is 2.42. The van der Waals surface area contributed by atoms with Gasteiger partial charge in [-0.15, -0.1) is 0 Å². The van der Waals surface area contributed by atoms with Crippen LogP contribution in [0.3, 0.4) is 0 Å². The standard InChI is InChI=1S/C21H25ClF3N5O3/c1-20(13-2-3-13)18(32)30(19(33)27-20)12-29-8-6-28(7-9-29)11-17(31)26-14-4-5-16(22)15(10-14)21(23,24)25/h4-5,10,13H,2-3,6-9,11-12H2,1H3,(H,26,31)(H,27,33). The lowest BCUT2D eigenvalue weighted by molar-refractivity contribution is -0.137. The van der Waals surface area contributed by atoms with Crippen LogP contribution in [0.2, 0.25) is 5.02 Å². The van der Waals surface area contributed by atoms with Crippen molar-refractivity contribution in [2.75, 3.05) is 44.7 Å². The van der Waals surface area contributed by atoms with Crippen LogP contribution < -0.4 is 10.6 Å². The molecule has 1 aromatic rings. The SMILES string of the molecule is CC1(C2CC2)NC(=O)N(CN2CCN(CC(=O)Nc3ccc(Cl)c(C(F)(F)F)c3)CC2)C1=O. The summed E-state index contributed by atoms with van der Waals surface area (Å²) in [5, 5.41) is 4.87. The van der Waals surface area contributed by atoms with Gasteiger partial charge < -0.3 is 10.6 Å². The molecule has 1 aromatic carbocycles. The predicted octanol–water partition coefficient (Wildman–Crippen LogP) is 2.59. The number of hydrogen-bond acceptors (Lipinski definition) is 5. The number of urea groups is 1. The molecule has 2 heterocycles. The van der Waals surface area contributed by atoms with E-state index in [1.807, 2.05) is 9.80 Å². The molecule has 4 rings (SSSR count). The maximum Gasteiger partial charge on any atom is 0.417 e. The molecule has 1 atom stereocenters. The van der Waals surface area contributed by atoms with Crippen molar-refractivity contribution in [2.24, 2.45) is 5.92 Å². The molecule has 2 aliphatic heterocycles. The summed E-state index contributed by atoms with van der Waals surface area (Å²) in [7, 11) is 0. The van der Waals surface area contributed by atoms with Gasteiger partial charge in [-0.1, -0.05) is 11.6 Å². The first kappa shape index (κ1) is 23.8. The normalized spacial score (nSPS) is 24.8. The summed E-state index contributed by atoms with van der Waals surface area (Å²) in [6.45, 7) is 4.11. The van der Waals surface area contributed by atoms with Gasteiger partial charge in [-0.05, 0) is 43.9 Å². The van der Waals surface area contributed by atoms with E-state index in [-0.39, 0.29) is 36.8 Å². The monoisotopic (exact) mass is 487 g/mol. The van der Waals surface area contributed by atoms with E-state index < -0.39 is 28.2 Å². The first-order chi connectivity index (χ1) is 15.5. The van der Waals surface area contributed by atoms with Crippen molar-refractivity contribution >= 4 is 35.1 Å². The van der Waals surface area contributed by atoms with Gasteiger partial charge in [0.1, 0.15) is 5.54 Å². The number of carbonyl (C=O) groups excluding carboxylic acids is 3. The average Bonchev–Trinajstić information content (AvgIpc) is 3.56. The second-order valence-corrected chi connectivity index (χ2v) is 9.32. The lowest BCUT2D eigenvalue weighted by atomic mass is 9.96. The highest BCUT2D eigenvalue weighted by Gasteiger charge is 2.56. The van der Waals surface area contributed by atoms with Gasteiger partial charge in [-0.2, -0.15) is 13.2 Å². The fraction of sp³-hybridized carbons (Fsp3) is 0.571. The number of amides is 4. The molecule has 180 valence electrons. The Morgan fingerprint density at radius 2 is 1.82 bits per heavy atom. The summed E-state index contributed by atoms with van der Waals surface area (Å²) in [5.41, 5.74) is -1.80. The first-order valence-electron chi connectivity index (χ1n) is 10.7. The molecule has 4 amide bonds. The Labute approximate surface area is 194 Å². The van der Waals surface area contributed by atoms with Crippen LogP contribution in [0.1, 0.15) is 25.3 Å². The van der Waals surface area contributed by atoms with Crippen LogP contribution in [-0.2, 0) is 15.8 Å². The Balaban J connectivity index is 1.26. The minimum atomic E-state index is -4.61. The number of imide groups is 1. The zero-order valence-corrected chi connectivity index (χ0v) is 18.8. The van der Waals surface area contributed by atoms with Gasteiger partial charge >= 0.3 is 12.2 Å². The number of hydrogen-bond donors (Lipinski definition) is 2. The highest BCUT2D eigenvalue weighted by atomic mass is 35.5. The van der Waals surface area contributed by atoms with Gasteiger partial charge in [0.05, 0.1) is 23.8 Å². The summed E-state index contributed by atoms with van der Waals surface area (Å²) in [5.74, 6) is -0.437. The summed E-state index contributed by atoms with van der Waals surface area (Å²) >= 11 is 5.60. The topological polar surface area (TPSA) is 85.0 Å². The lowest BCUT2D eigenvalue weighted by Crippen LogP contribution is -2.53. The van der Waals surface area contributed by atoms with Gasteiger partial charge in [-0.3, -0.25) is 19.4 Å². The second-order valence-electron chi connectivity index (χ2n) is 8.92. The van der Waals surface area contributed by atoms with Gasteiger partial charge in [-0.25, -0.2) is 9.69 Å². The fourth-order valence-electron chi connectivity index (χ4n) is 4.29. The Hall–Kier alpha value is -2.37. The molecule has 1 unspecified atom stereocenters. The molecule has 1 saturated carbocycles. The van der Waals surface area contributed by atoms with Crippen LogP contribution in [0, 0.1) is 5.92 Å². The Bertz CT molecular complexity index is 963. The van der Waals surface area contributed by atoms with E-state index in [0.29, 0.717) is 26.2 Å². The summed E-state index contributed by atoms with van der Waals surface area (Å²) in [6, 6.07) is 2.85. The molecule has 0 bridgehead atoms. The summed E-state index contributed by atoms with van der Waals surface area (Å²) in [6.07, 6.45) is -2.74. The summed E-state index contributed by atoms with van der Waals surface area (Å²) < 4.78 is 39.0. The molecule has 0 radical (unpaired) electrons. The van der Waals surface area contributed by atoms with Crippen LogP contribution >= 0.6 is 11.6 Å². The van der Waals surface area contributed by atoms with Crippen molar-refractivity contribution in [1.29, 1.82) is 0 Å². The molecular formula is C21H25ClF3N5O3. The van der Waals surface area contributed by atoms with Gasteiger partial charge in [0.15, 0.2) is 0 Å². The van der Waals surface area contributed by atoms with E-state index in [2.05, 4.69) is 10.6 Å². The Morgan fingerprint density at radius 1 is 1.18 bits per heavy atom. The molecule has 8 nitrogen and oxygen atoms in total.